The maximum atomic E-state index is 10.8. The minimum absolute atomic E-state index is 0.0515. The number of nitrogens with zero attached hydrogens (tertiary/aromatic N) is 1. The third-order valence-corrected chi connectivity index (χ3v) is 3.66. The molecule has 0 spiro atoms. The molecule has 0 saturated carbocycles. The van der Waals surface area contributed by atoms with Gasteiger partial charge in [-0.15, -0.1) is 0 Å². The van der Waals surface area contributed by atoms with Crippen LogP contribution in [0.1, 0.15) is 0 Å². The number of ether oxygens (including phenoxy) is 1. The molecule has 1 saturated heterocycles. The van der Waals surface area contributed by atoms with Gasteiger partial charge in [0.2, 0.25) is 0 Å². The second-order valence-electron chi connectivity index (χ2n) is 4.82. The molecule has 0 aliphatic carbocycles. The fourth-order valence-corrected chi connectivity index (χ4v) is 2.31. The van der Waals surface area contributed by atoms with Crippen molar-refractivity contribution in [3.8, 4) is 0 Å². The predicted octanol–water partition coefficient (Wildman–Crippen LogP) is -0.540. The van der Waals surface area contributed by atoms with Crippen molar-refractivity contribution in [3.63, 3.8) is 0 Å². The molecular weight excluding hydrogens is 320 g/mol. The molecule has 122 valence electrons. The van der Waals surface area contributed by atoms with Gasteiger partial charge in [-0.25, -0.2) is 0 Å². The van der Waals surface area contributed by atoms with Gasteiger partial charge in [0.05, 0.1) is 11.5 Å². The highest BCUT2D eigenvalue weighted by molar-refractivity contribution is 6.32. The lowest BCUT2D eigenvalue weighted by Crippen LogP contribution is -2.60. The molecule has 10 heteroatoms. The van der Waals surface area contributed by atoms with Crippen molar-refractivity contribution in [1.29, 1.82) is 0 Å². The Bertz CT molecular complexity index is 556. The highest BCUT2D eigenvalue weighted by Gasteiger charge is 2.43. The molecule has 0 aromatic heterocycles. The molecule has 1 aromatic carbocycles. The number of nitro groups is 1. The fourth-order valence-electron chi connectivity index (χ4n) is 2.13. The van der Waals surface area contributed by atoms with Crippen LogP contribution in [0.4, 0.5) is 11.4 Å². The van der Waals surface area contributed by atoms with Gasteiger partial charge in [-0.1, -0.05) is 11.6 Å². The van der Waals surface area contributed by atoms with Gasteiger partial charge in [0, 0.05) is 11.8 Å². The summed E-state index contributed by atoms with van der Waals surface area (Å²) in [5.74, 6) is 0. The predicted molar refractivity (Wildman–Crippen MR) is 75.5 cm³/mol. The number of aliphatic hydroxyl groups excluding tert-OH is 4. The van der Waals surface area contributed by atoms with Gasteiger partial charge in [-0.3, -0.25) is 10.1 Å². The Morgan fingerprint density at radius 3 is 2.55 bits per heavy atom. The summed E-state index contributed by atoms with van der Waals surface area (Å²) in [6, 6.07) is 3.87. The summed E-state index contributed by atoms with van der Waals surface area (Å²) in [6.07, 6.45) is -6.75. The van der Waals surface area contributed by atoms with Crippen LogP contribution in [0, 0.1) is 10.1 Å². The first kappa shape index (κ1) is 16.9. The number of anilines is 1. The second kappa shape index (κ2) is 6.73. The van der Waals surface area contributed by atoms with Crippen LogP contribution in [0.25, 0.3) is 0 Å². The lowest BCUT2D eigenvalue weighted by molar-refractivity contribution is -0.384. The van der Waals surface area contributed by atoms with Crippen LogP contribution in [0.15, 0.2) is 18.2 Å². The molecule has 0 bridgehead atoms. The summed E-state index contributed by atoms with van der Waals surface area (Å²) >= 11 is 5.69. The summed E-state index contributed by atoms with van der Waals surface area (Å²) in [5.41, 5.74) is -0.114. The Kier molecular flexibility index (Phi) is 5.16. The average Bonchev–Trinajstić information content (AvgIpc) is 2.49. The Hall–Kier alpha value is -1.49. The fraction of sp³-hybridized carbons (Fsp3) is 0.500. The van der Waals surface area contributed by atoms with Crippen molar-refractivity contribution in [2.45, 2.75) is 30.6 Å². The molecule has 0 unspecified atom stereocenters. The van der Waals surface area contributed by atoms with Crippen LogP contribution in [0.2, 0.25) is 5.02 Å². The van der Waals surface area contributed by atoms with Crippen molar-refractivity contribution in [3.05, 3.63) is 33.3 Å². The number of nitro benzene ring substituents is 1. The Morgan fingerprint density at radius 2 is 1.95 bits per heavy atom. The topological polar surface area (TPSA) is 145 Å². The first-order valence-corrected chi connectivity index (χ1v) is 6.74. The molecule has 22 heavy (non-hydrogen) atoms. The van der Waals surface area contributed by atoms with Gasteiger partial charge >= 0.3 is 0 Å². The Morgan fingerprint density at radius 1 is 1.27 bits per heavy atom. The molecule has 1 fully saturated rings. The summed E-state index contributed by atoms with van der Waals surface area (Å²) in [5, 5.41) is 51.7. The molecule has 0 radical (unpaired) electrons. The van der Waals surface area contributed by atoms with E-state index in [1.807, 2.05) is 0 Å². The molecule has 5 atom stereocenters. The maximum Gasteiger partial charge on any atom is 0.289 e. The lowest BCUT2D eigenvalue weighted by Gasteiger charge is -2.40. The third-order valence-electron chi connectivity index (χ3n) is 3.34. The van der Waals surface area contributed by atoms with Crippen LogP contribution in [-0.2, 0) is 4.74 Å². The monoisotopic (exact) mass is 334 g/mol. The van der Waals surface area contributed by atoms with E-state index in [4.69, 9.17) is 21.4 Å². The van der Waals surface area contributed by atoms with E-state index in [9.17, 15) is 25.4 Å². The number of hydrogen-bond acceptors (Lipinski definition) is 8. The van der Waals surface area contributed by atoms with E-state index in [1.54, 1.807) is 0 Å². The summed E-state index contributed by atoms with van der Waals surface area (Å²) in [7, 11) is 0. The molecule has 5 N–H and O–H groups in total. The second-order valence-corrected chi connectivity index (χ2v) is 5.22. The Balaban J connectivity index is 2.19. The van der Waals surface area contributed by atoms with Crippen molar-refractivity contribution in [2.24, 2.45) is 0 Å². The van der Waals surface area contributed by atoms with Crippen LogP contribution in [0.3, 0.4) is 0 Å². The molecular formula is C12H15ClN2O7. The van der Waals surface area contributed by atoms with Crippen LogP contribution < -0.4 is 5.32 Å². The third kappa shape index (κ3) is 3.29. The first-order chi connectivity index (χ1) is 10.3. The molecule has 1 aromatic rings. The van der Waals surface area contributed by atoms with Crippen molar-refractivity contribution in [2.75, 3.05) is 11.9 Å². The van der Waals surface area contributed by atoms with Crippen LogP contribution in [-0.4, -0.2) is 62.6 Å². The minimum Gasteiger partial charge on any atom is -0.394 e. The summed E-state index contributed by atoms with van der Waals surface area (Å²) < 4.78 is 5.24. The zero-order valence-corrected chi connectivity index (χ0v) is 11.9. The van der Waals surface area contributed by atoms with Gasteiger partial charge in [0.15, 0.2) is 6.23 Å². The number of rotatable bonds is 4. The van der Waals surface area contributed by atoms with Crippen LogP contribution in [0.5, 0.6) is 0 Å². The largest absolute Gasteiger partial charge is 0.394 e. The number of halogens is 1. The highest BCUT2D eigenvalue weighted by Crippen LogP contribution is 2.29. The van der Waals surface area contributed by atoms with Gasteiger partial charge in [0.1, 0.15) is 29.4 Å². The van der Waals surface area contributed by atoms with E-state index in [2.05, 4.69) is 5.32 Å². The lowest BCUT2D eigenvalue weighted by atomic mass is 9.98. The van der Waals surface area contributed by atoms with Crippen molar-refractivity contribution < 1.29 is 30.1 Å². The maximum absolute atomic E-state index is 10.8. The number of nitrogens with one attached hydrogen (secondary N) is 1. The van der Waals surface area contributed by atoms with Gasteiger partial charge < -0.3 is 30.5 Å². The number of aliphatic hydroxyl groups is 4. The van der Waals surface area contributed by atoms with Gasteiger partial charge in [-0.2, -0.15) is 0 Å². The zero-order valence-electron chi connectivity index (χ0n) is 11.2. The molecule has 1 heterocycles. The quantitative estimate of drug-likeness (QED) is 0.364. The average molecular weight is 335 g/mol. The van der Waals surface area contributed by atoms with Crippen molar-refractivity contribution >= 4 is 23.0 Å². The van der Waals surface area contributed by atoms with E-state index in [1.165, 1.54) is 12.1 Å². The van der Waals surface area contributed by atoms with Crippen LogP contribution >= 0.6 is 11.6 Å². The Labute approximate surface area is 129 Å². The minimum atomic E-state index is -1.54. The normalized spacial score (nSPS) is 31.8. The molecule has 0 amide bonds. The smallest absolute Gasteiger partial charge is 0.289 e. The SMILES string of the molecule is O=[N+]([O-])c1cc(N[C@@H]2O[C@H](CO)[C@H](O)[C@@H](O)[C@H]2O)ccc1Cl. The van der Waals surface area contributed by atoms with E-state index in [0.29, 0.717) is 0 Å². The molecule has 1 aliphatic rings. The summed E-state index contributed by atoms with van der Waals surface area (Å²) in [6.45, 7) is -0.566. The van der Waals surface area contributed by atoms with E-state index < -0.39 is 42.2 Å². The van der Waals surface area contributed by atoms with Gasteiger partial charge in [0.25, 0.3) is 5.69 Å². The first-order valence-electron chi connectivity index (χ1n) is 6.36. The van der Waals surface area contributed by atoms with E-state index in [0.717, 1.165) is 6.07 Å². The number of benzene rings is 1. The molecule has 2 rings (SSSR count). The van der Waals surface area contributed by atoms with Gasteiger partial charge in [-0.05, 0) is 12.1 Å². The molecule has 9 nitrogen and oxygen atoms in total. The number of hydrogen-bond donors (Lipinski definition) is 5. The van der Waals surface area contributed by atoms with E-state index in [-0.39, 0.29) is 16.4 Å². The highest BCUT2D eigenvalue weighted by atomic mass is 35.5. The zero-order chi connectivity index (χ0) is 16.4. The summed E-state index contributed by atoms with van der Waals surface area (Å²) in [4.78, 5) is 10.2. The standard InChI is InChI=1S/C12H15ClN2O7/c13-6-2-1-5(3-7(6)15(20)21)14-12-11(19)10(18)9(17)8(4-16)22-12/h1-3,8-12,14,16-19H,4H2/t8-,9+,10-,11-,12-/m1/s1. The van der Waals surface area contributed by atoms with Crippen molar-refractivity contribution in [1.82, 2.24) is 0 Å². The molecule has 1 aliphatic heterocycles. The van der Waals surface area contributed by atoms with E-state index >= 15 is 0 Å².